The first-order chi connectivity index (χ1) is 10.6. The van der Waals surface area contributed by atoms with E-state index in [1.54, 1.807) is 18.2 Å². The number of rotatable bonds is 3. The molecule has 2 heterocycles. The summed E-state index contributed by atoms with van der Waals surface area (Å²) in [5.74, 6) is -0.763. The third-order valence-electron chi connectivity index (χ3n) is 3.86. The van der Waals surface area contributed by atoms with Crippen LogP contribution in [0.15, 0.2) is 24.3 Å². The Morgan fingerprint density at radius 2 is 2.23 bits per heavy atom. The minimum Gasteiger partial charge on any atom is -0.324 e. The van der Waals surface area contributed by atoms with E-state index in [9.17, 15) is 14.4 Å². The van der Waals surface area contributed by atoms with E-state index >= 15 is 0 Å². The van der Waals surface area contributed by atoms with Crippen LogP contribution in [0.25, 0.3) is 0 Å². The van der Waals surface area contributed by atoms with E-state index in [1.165, 1.54) is 11.0 Å². The van der Waals surface area contributed by atoms with E-state index in [0.717, 1.165) is 11.3 Å². The third kappa shape index (κ3) is 2.39. The van der Waals surface area contributed by atoms with Gasteiger partial charge in [-0.15, -0.1) is 0 Å². The number of nitriles is 1. The maximum absolute atomic E-state index is 12.1. The fourth-order valence-electron chi connectivity index (χ4n) is 2.84. The summed E-state index contributed by atoms with van der Waals surface area (Å²) in [5.41, 5.74) is 0.885. The van der Waals surface area contributed by atoms with Crippen LogP contribution < -0.4 is 5.32 Å². The van der Waals surface area contributed by atoms with Gasteiger partial charge in [-0.2, -0.15) is 5.26 Å². The summed E-state index contributed by atoms with van der Waals surface area (Å²) in [6, 6.07) is 7.63. The van der Waals surface area contributed by atoms with E-state index in [1.807, 2.05) is 6.07 Å². The molecule has 0 saturated carbocycles. The smallest absolute Gasteiger partial charge is 0.324 e. The highest BCUT2D eigenvalue weighted by atomic mass is 16.2. The molecule has 112 valence electrons. The van der Waals surface area contributed by atoms with Crippen LogP contribution in [0, 0.1) is 11.3 Å². The molecule has 2 aliphatic heterocycles. The quantitative estimate of drug-likeness (QED) is 0.840. The average Bonchev–Trinajstić information content (AvgIpc) is 3.07. The van der Waals surface area contributed by atoms with Gasteiger partial charge in [-0.3, -0.25) is 14.5 Å². The predicted octanol–water partition coefficient (Wildman–Crippen LogP) is 0.923. The highest BCUT2D eigenvalue weighted by Crippen LogP contribution is 2.27. The van der Waals surface area contributed by atoms with Crippen molar-refractivity contribution in [3.63, 3.8) is 0 Å². The van der Waals surface area contributed by atoms with Crippen LogP contribution in [0.1, 0.15) is 18.4 Å². The van der Waals surface area contributed by atoms with Gasteiger partial charge in [0.05, 0.1) is 11.6 Å². The van der Waals surface area contributed by atoms with Crippen LogP contribution >= 0.6 is 0 Å². The number of nitrogens with zero attached hydrogens (tertiary/aromatic N) is 3. The van der Waals surface area contributed by atoms with Crippen molar-refractivity contribution in [2.24, 2.45) is 0 Å². The second-order valence-electron chi connectivity index (χ2n) is 5.30. The maximum Gasteiger partial charge on any atom is 0.327 e. The fraction of sp³-hybridized carbons (Fsp3) is 0.333. The Kier molecular flexibility index (Phi) is 3.51. The zero-order valence-corrected chi connectivity index (χ0v) is 11.8. The summed E-state index contributed by atoms with van der Waals surface area (Å²) in [7, 11) is 0. The topological polar surface area (TPSA) is 93.5 Å². The summed E-state index contributed by atoms with van der Waals surface area (Å²) in [6.07, 6.45) is 1.48. The van der Waals surface area contributed by atoms with Gasteiger partial charge in [-0.25, -0.2) is 4.79 Å². The molecule has 4 amide bonds. The Morgan fingerprint density at radius 3 is 2.95 bits per heavy atom. The minimum atomic E-state index is -0.460. The minimum absolute atomic E-state index is 0.302. The van der Waals surface area contributed by atoms with Gasteiger partial charge in [0.25, 0.3) is 5.91 Å². The lowest BCUT2D eigenvalue weighted by atomic mass is 10.2. The number of fused-ring (bicyclic) bond motifs is 1. The number of benzene rings is 1. The molecule has 2 aliphatic rings. The highest BCUT2D eigenvalue weighted by molar-refractivity contribution is 6.08. The first kappa shape index (κ1) is 14.1. The molecule has 7 nitrogen and oxygen atoms in total. The lowest BCUT2D eigenvalue weighted by Crippen LogP contribution is -2.39. The molecule has 7 heteroatoms. The molecule has 1 aromatic carbocycles. The van der Waals surface area contributed by atoms with Crippen molar-refractivity contribution < 1.29 is 14.4 Å². The van der Waals surface area contributed by atoms with Crippen LogP contribution in [-0.2, 0) is 9.59 Å². The molecule has 0 unspecified atom stereocenters. The van der Waals surface area contributed by atoms with Gasteiger partial charge >= 0.3 is 6.03 Å². The number of imide groups is 1. The largest absolute Gasteiger partial charge is 0.327 e. The average molecular weight is 298 g/mol. The number of urea groups is 1. The monoisotopic (exact) mass is 298 g/mol. The third-order valence-corrected chi connectivity index (χ3v) is 3.86. The molecule has 0 aliphatic carbocycles. The molecule has 0 aromatic heterocycles. The molecule has 2 saturated heterocycles. The van der Waals surface area contributed by atoms with Gasteiger partial charge < -0.3 is 10.2 Å². The normalized spacial score (nSPS) is 20.0. The van der Waals surface area contributed by atoms with Gasteiger partial charge in [0, 0.05) is 12.2 Å². The Hall–Kier alpha value is -2.88. The van der Waals surface area contributed by atoms with E-state index < -0.39 is 18.0 Å². The zero-order valence-electron chi connectivity index (χ0n) is 11.8. The number of hydrogen-bond acceptors (Lipinski definition) is 4. The number of hydrogen-bond donors (Lipinski definition) is 1. The molecule has 1 N–H and O–H groups in total. The molecule has 0 radical (unpaired) electrons. The van der Waals surface area contributed by atoms with Crippen molar-refractivity contribution in [1.29, 1.82) is 5.26 Å². The molecule has 1 aromatic rings. The van der Waals surface area contributed by atoms with Gasteiger partial charge in [0.15, 0.2) is 0 Å². The van der Waals surface area contributed by atoms with Crippen LogP contribution in [0.3, 0.4) is 0 Å². The Bertz CT molecular complexity index is 672. The summed E-state index contributed by atoms with van der Waals surface area (Å²) in [6.45, 7) is 0.263. The molecular formula is C15H14N4O3. The van der Waals surface area contributed by atoms with Gasteiger partial charge in [-0.1, -0.05) is 6.07 Å². The standard InChI is InChI=1S/C15H14N4O3/c16-8-10-3-1-4-11(7-10)17-13(20)9-19-14(21)12-5-2-6-18(12)15(19)22/h1,3-4,7,12H,2,5-6,9H2,(H,17,20)/t12-/m0/s1. The molecular weight excluding hydrogens is 284 g/mol. The van der Waals surface area contributed by atoms with Crippen molar-refractivity contribution in [3.05, 3.63) is 29.8 Å². The first-order valence-corrected chi connectivity index (χ1v) is 7.02. The van der Waals surface area contributed by atoms with Crippen LogP contribution in [0.5, 0.6) is 0 Å². The number of amides is 4. The maximum atomic E-state index is 12.1. The van der Waals surface area contributed by atoms with E-state index in [0.29, 0.717) is 24.2 Å². The molecule has 2 fully saturated rings. The second-order valence-corrected chi connectivity index (χ2v) is 5.30. The summed E-state index contributed by atoms with van der Waals surface area (Å²) in [4.78, 5) is 38.8. The molecule has 3 rings (SSSR count). The molecule has 1 atom stereocenters. The molecule has 0 spiro atoms. The Morgan fingerprint density at radius 1 is 1.41 bits per heavy atom. The summed E-state index contributed by atoms with van der Waals surface area (Å²) >= 11 is 0. The van der Waals surface area contributed by atoms with Gasteiger partial charge in [-0.05, 0) is 31.0 Å². The fourth-order valence-corrected chi connectivity index (χ4v) is 2.84. The summed E-state index contributed by atoms with van der Waals surface area (Å²) < 4.78 is 0. The zero-order chi connectivity index (χ0) is 15.7. The number of anilines is 1. The number of nitrogens with one attached hydrogen (secondary N) is 1. The lowest BCUT2D eigenvalue weighted by Gasteiger charge is -2.15. The first-order valence-electron chi connectivity index (χ1n) is 7.02. The molecule has 22 heavy (non-hydrogen) atoms. The van der Waals surface area contributed by atoms with Gasteiger partial charge in [0.1, 0.15) is 12.6 Å². The van der Waals surface area contributed by atoms with E-state index in [-0.39, 0.29) is 12.5 Å². The molecule has 0 bridgehead atoms. The number of carbonyl (C=O) groups excluding carboxylic acids is 3. The summed E-state index contributed by atoms with van der Waals surface area (Å²) in [5, 5.41) is 11.4. The van der Waals surface area contributed by atoms with Crippen molar-refractivity contribution >= 4 is 23.5 Å². The van der Waals surface area contributed by atoms with E-state index in [4.69, 9.17) is 5.26 Å². The van der Waals surface area contributed by atoms with E-state index in [2.05, 4.69) is 5.32 Å². The number of carbonyl (C=O) groups is 3. The lowest BCUT2D eigenvalue weighted by molar-refractivity contribution is -0.131. The SMILES string of the molecule is N#Cc1cccc(NC(=O)CN2C(=O)[C@@H]3CCCN3C2=O)c1. The Balaban J connectivity index is 1.66. The van der Waals surface area contributed by atoms with Crippen LogP contribution in [0.4, 0.5) is 10.5 Å². The van der Waals surface area contributed by atoms with Crippen molar-refractivity contribution in [3.8, 4) is 6.07 Å². The van der Waals surface area contributed by atoms with Crippen molar-refractivity contribution in [2.45, 2.75) is 18.9 Å². The van der Waals surface area contributed by atoms with Crippen LogP contribution in [-0.4, -0.2) is 46.8 Å². The highest BCUT2D eigenvalue weighted by Gasteiger charge is 2.47. The predicted molar refractivity (Wildman–Crippen MR) is 76.6 cm³/mol. The second kappa shape index (κ2) is 5.48. The van der Waals surface area contributed by atoms with Gasteiger partial charge in [0.2, 0.25) is 5.91 Å². The van der Waals surface area contributed by atoms with Crippen molar-refractivity contribution in [2.75, 3.05) is 18.4 Å². The van der Waals surface area contributed by atoms with Crippen molar-refractivity contribution in [1.82, 2.24) is 9.80 Å². The Labute approximate surface area is 127 Å². The van der Waals surface area contributed by atoms with Crippen LogP contribution in [0.2, 0.25) is 0 Å².